The van der Waals surface area contributed by atoms with E-state index in [4.69, 9.17) is 0 Å². The molecule has 0 aliphatic carbocycles. The summed E-state index contributed by atoms with van der Waals surface area (Å²) in [6.45, 7) is 7.09. The Morgan fingerprint density at radius 3 is 2.54 bits per heavy atom. The zero-order valence-electron chi connectivity index (χ0n) is 8.33. The normalized spacial score (nSPS) is 13.8. The molecule has 0 saturated carbocycles. The van der Waals surface area contributed by atoms with Gasteiger partial charge in [0.15, 0.2) is 0 Å². The zero-order valence-corrected chi connectivity index (χ0v) is 8.33. The zero-order chi connectivity index (χ0) is 9.42. The molecule has 0 saturated heterocycles. The fraction of sp³-hybridized carbons (Fsp3) is 0.455. The third-order valence-corrected chi connectivity index (χ3v) is 2.46. The average molecular weight is 174 g/mol. The van der Waals surface area contributed by atoms with Crippen LogP contribution in [0.2, 0.25) is 0 Å². The van der Waals surface area contributed by atoms with Crippen LogP contribution in [0.25, 0.3) is 0 Å². The molecule has 13 heavy (non-hydrogen) atoms. The second kappa shape index (κ2) is 2.95. The highest BCUT2D eigenvalue weighted by molar-refractivity contribution is 5.24. The predicted octanol–water partition coefficient (Wildman–Crippen LogP) is 1.33. The van der Waals surface area contributed by atoms with E-state index in [1.165, 1.54) is 11.1 Å². The molecule has 68 valence electrons. The lowest BCUT2D eigenvalue weighted by molar-refractivity contribution is 0.846. The summed E-state index contributed by atoms with van der Waals surface area (Å²) in [4.78, 5) is 8.79. The summed E-state index contributed by atoms with van der Waals surface area (Å²) in [6, 6.07) is 4.31. The van der Waals surface area contributed by atoms with Crippen LogP contribution in [-0.2, 0) is 0 Å². The molecule has 0 fully saturated rings. The molecule has 0 atom stereocenters. The third-order valence-electron chi connectivity index (χ3n) is 2.46. The summed E-state index contributed by atoms with van der Waals surface area (Å²) < 4.78 is 0. The number of rotatable bonds is 1. The molecule has 2 heteroatoms. The molecule has 2 nitrogen and oxygen atoms in total. The van der Waals surface area contributed by atoms with Gasteiger partial charge >= 0.3 is 0 Å². The van der Waals surface area contributed by atoms with Crippen molar-refractivity contribution >= 4 is 0 Å². The van der Waals surface area contributed by atoms with Crippen LogP contribution in [0.1, 0.15) is 30.9 Å². The number of nitrogens with zero attached hydrogens (tertiary/aromatic N) is 2. The molecule has 0 aromatic heterocycles. The number of aryl methyl sites for hydroxylation is 1. The standard InChI is InChI=1S/C11H14N2/c1-7(2)9-5-4-8(3)10-11(9)13-6-12-10/h4-5,7H,6H2,1-3H3. The quantitative estimate of drug-likeness (QED) is 0.613. The molecule has 0 spiro atoms. The summed E-state index contributed by atoms with van der Waals surface area (Å²) >= 11 is 0. The van der Waals surface area contributed by atoms with Gasteiger partial charge < -0.3 is 0 Å². The third kappa shape index (κ3) is 1.26. The van der Waals surface area contributed by atoms with Crippen molar-refractivity contribution in [1.29, 1.82) is 0 Å². The van der Waals surface area contributed by atoms with E-state index < -0.39 is 0 Å². The SMILES string of the molecule is Cc1ccc(C(C)C)c2c1=NCN=2. The monoisotopic (exact) mass is 174 g/mol. The lowest BCUT2D eigenvalue weighted by atomic mass is 10.0. The van der Waals surface area contributed by atoms with Crippen molar-refractivity contribution in [2.45, 2.75) is 26.7 Å². The summed E-state index contributed by atoms with van der Waals surface area (Å²) in [5, 5.41) is 2.22. The Balaban J connectivity index is 2.80. The van der Waals surface area contributed by atoms with Gasteiger partial charge in [0.1, 0.15) is 6.67 Å². The second-order valence-electron chi connectivity index (χ2n) is 3.78. The summed E-state index contributed by atoms with van der Waals surface area (Å²) in [5.41, 5.74) is 2.56. The molecule has 1 heterocycles. The minimum Gasteiger partial charge on any atom is -0.259 e. The molecule has 1 aliphatic heterocycles. The Kier molecular flexibility index (Phi) is 1.91. The number of hydrogen-bond acceptors (Lipinski definition) is 2. The molecule has 1 aliphatic rings. The highest BCUT2D eigenvalue weighted by atomic mass is 15.0. The Morgan fingerprint density at radius 2 is 1.85 bits per heavy atom. The highest BCUT2D eigenvalue weighted by Crippen LogP contribution is 2.08. The van der Waals surface area contributed by atoms with Gasteiger partial charge in [0, 0.05) is 0 Å². The molecular weight excluding hydrogens is 160 g/mol. The van der Waals surface area contributed by atoms with Gasteiger partial charge in [-0.3, -0.25) is 9.98 Å². The van der Waals surface area contributed by atoms with E-state index in [0.29, 0.717) is 12.6 Å². The van der Waals surface area contributed by atoms with Gasteiger partial charge in [-0.05, 0) is 24.0 Å². The van der Waals surface area contributed by atoms with Gasteiger partial charge in [0.05, 0.1) is 10.7 Å². The van der Waals surface area contributed by atoms with Crippen molar-refractivity contribution < 1.29 is 0 Å². The van der Waals surface area contributed by atoms with Crippen LogP contribution in [-0.4, -0.2) is 6.67 Å². The van der Waals surface area contributed by atoms with Crippen molar-refractivity contribution in [3.05, 3.63) is 34.0 Å². The highest BCUT2D eigenvalue weighted by Gasteiger charge is 2.08. The van der Waals surface area contributed by atoms with Gasteiger partial charge in [-0.2, -0.15) is 0 Å². The summed E-state index contributed by atoms with van der Waals surface area (Å²) in [5.74, 6) is 0.534. The van der Waals surface area contributed by atoms with Crippen LogP contribution in [0.4, 0.5) is 0 Å². The minimum absolute atomic E-state index is 0.534. The Labute approximate surface area is 78.0 Å². The topological polar surface area (TPSA) is 24.7 Å². The van der Waals surface area contributed by atoms with Crippen molar-refractivity contribution in [3.8, 4) is 0 Å². The number of hydrogen-bond donors (Lipinski definition) is 0. The lowest BCUT2D eigenvalue weighted by Crippen LogP contribution is -2.29. The van der Waals surface area contributed by atoms with Crippen molar-refractivity contribution in [1.82, 2.24) is 0 Å². The van der Waals surface area contributed by atoms with E-state index in [-0.39, 0.29) is 0 Å². The van der Waals surface area contributed by atoms with Crippen LogP contribution >= 0.6 is 0 Å². The van der Waals surface area contributed by atoms with E-state index in [0.717, 1.165) is 10.7 Å². The first-order valence-corrected chi connectivity index (χ1v) is 4.68. The van der Waals surface area contributed by atoms with Crippen LogP contribution < -0.4 is 10.7 Å². The van der Waals surface area contributed by atoms with Crippen molar-refractivity contribution in [2.24, 2.45) is 9.98 Å². The van der Waals surface area contributed by atoms with Crippen molar-refractivity contribution in [3.63, 3.8) is 0 Å². The van der Waals surface area contributed by atoms with Crippen LogP contribution in [0.5, 0.6) is 0 Å². The average Bonchev–Trinajstić information content (AvgIpc) is 2.53. The molecule has 0 N–H and O–H groups in total. The first-order valence-electron chi connectivity index (χ1n) is 4.68. The molecule has 0 bridgehead atoms. The van der Waals surface area contributed by atoms with E-state index in [2.05, 4.69) is 42.9 Å². The molecule has 0 amide bonds. The molecule has 1 aromatic carbocycles. The fourth-order valence-corrected chi connectivity index (χ4v) is 1.70. The van der Waals surface area contributed by atoms with Gasteiger partial charge in [-0.25, -0.2) is 0 Å². The Hall–Kier alpha value is -1.18. The van der Waals surface area contributed by atoms with E-state index in [1.54, 1.807) is 0 Å². The molecular formula is C11H14N2. The second-order valence-corrected chi connectivity index (χ2v) is 3.78. The van der Waals surface area contributed by atoms with Gasteiger partial charge in [-0.1, -0.05) is 26.0 Å². The first-order chi connectivity index (χ1) is 6.20. The first kappa shape index (κ1) is 8.42. The van der Waals surface area contributed by atoms with Gasteiger partial charge in [-0.15, -0.1) is 0 Å². The van der Waals surface area contributed by atoms with E-state index in [1.807, 2.05) is 0 Å². The van der Waals surface area contributed by atoms with Crippen molar-refractivity contribution in [2.75, 3.05) is 6.67 Å². The van der Waals surface area contributed by atoms with E-state index in [9.17, 15) is 0 Å². The minimum atomic E-state index is 0.534. The van der Waals surface area contributed by atoms with Crippen LogP contribution in [0, 0.1) is 6.92 Å². The lowest BCUT2D eigenvalue weighted by Gasteiger charge is -2.04. The smallest absolute Gasteiger partial charge is 0.130 e. The maximum atomic E-state index is 4.41. The summed E-state index contributed by atoms with van der Waals surface area (Å²) in [7, 11) is 0. The van der Waals surface area contributed by atoms with Crippen LogP contribution in [0.3, 0.4) is 0 Å². The molecule has 0 radical (unpaired) electrons. The predicted molar refractivity (Wildman–Crippen MR) is 52.4 cm³/mol. The maximum absolute atomic E-state index is 4.41. The Bertz CT molecular complexity index is 444. The van der Waals surface area contributed by atoms with Crippen LogP contribution in [0.15, 0.2) is 22.1 Å². The van der Waals surface area contributed by atoms with Gasteiger partial charge in [0.2, 0.25) is 0 Å². The van der Waals surface area contributed by atoms with Gasteiger partial charge in [0.25, 0.3) is 0 Å². The fourth-order valence-electron chi connectivity index (χ4n) is 1.70. The maximum Gasteiger partial charge on any atom is 0.130 e. The molecule has 0 unspecified atom stereocenters. The number of fused-ring (bicyclic) bond motifs is 1. The molecule has 1 aromatic rings. The Morgan fingerprint density at radius 1 is 1.15 bits per heavy atom. The summed E-state index contributed by atoms with van der Waals surface area (Å²) in [6.07, 6.45) is 0. The van der Waals surface area contributed by atoms with E-state index >= 15 is 0 Å². The molecule has 2 rings (SSSR count). The largest absolute Gasteiger partial charge is 0.259 e. The number of benzene rings is 1.